The number of para-hydroxylation sites is 1. The smallest absolute Gasteiger partial charge is 0.291 e. The molecule has 3 heterocycles. The van der Waals surface area contributed by atoms with E-state index in [0.29, 0.717) is 34.4 Å². The van der Waals surface area contributed by atoms with E-state index in [1.807, 2.05) is 97.5 Å². The highest BCUT2D eigenvalue weighted by molar-refractivity contribution is 7.15. The largest absolute Gasteiger partial charge is 0.494 e. The van der Waals surface area contributed by atoms with Crippen LogP contribution < -0.4 is 19.6 Å². The molecule has 0 saturated carbocycles. The number of nitrogens with zero attached hydrogens (tertiary/aromatic N) is 5. The van der Waals surface area contributed by atoms with Crippen LogP contribution in [0.1, 0.15) is 38.3 Å². The van der Waals surface area contributed by atoms with Gasteiger partial charge in [0.05, 0.1) is 23.4 Å². The minimum absolute atomic E-state index is 0.215. The summed E-state index contributed by atoms with van der Waals surface area (Å²) in [4.78, 5) is 18.6. The second kappa shape index (κ2) is 12.2. The summed E-state index contributed by atoms with van der Waals surface area (Å²) in [5.41, 5.74) is 5.11. The molecule has 6 aromatic rings. The molecular formula is C34H33N5O3S. The Hall–Kier alpha value is -4.76. The second-order valence-corrected chi connectivity index (χ2v) is 11.7. The molecule has 43 heavy (non-hydrogen) atoms. The molecule has 0 spiro atoms. The standard InChI is InChI=1S/C34H33N5O3S/c1-5-41-28-14-11-24(12-15-28)32-35-34-39(37-32)33(40)30(43-34)20-26-21-38(27-9-7-6-8-10-27)36-31(26)25-13-16-29(23(4)19-25)42-18-17-22(2)3/h6-16,19-22H,5,17-18H2,1-4H3. The molecule has 0 N–H and O–H groups in total. The van der Waals surface area contributed by atoms with Crippen LogP contribution in [0.5, 0.6) is 11.5 Å². The van der Waals surface area contributed by atoms with Crippen LogP contribution in [0.2, 0.25) is 0 Å². The van der Waals surface area contributed by atoms with Gasteiger partial charge in [0.15, 0.2) is 5.82 Å². The maximum atomic E-state index is 13.5. The Labute approximate surface area is 253 Å². The second-order valence-electron chi connectivity index (χ2n) is 10.7. The summed E-state index contributed by atoms with van der Waals surface area (Å²) >= 11 is 1.31. The van der Waals surface area contributed by atoms with Crippen LogP contribution in [-0.4, -0.2) is 37.6 Å². The van der Waals surface area contributed by atoms with Gasteiger partial charge in [0, 0.05) is 22.9 Å². The number of hydrogen-bond donors (Lipinski definition) is 0. The molecule has 8 nitrogen and oxygen atoms in total. The first kappa shape index (κ1) is 28.4. The number of fused-ring (bicyclic) bond motifs is 1. The molecule has 0 saturated heterocycles. The zero-order valence-electron chi connectivity index (χ0n) is 24.7. The highest BCUT2D eigenvalue weighted by atomic mass is 32.1. The Kier molecular flexibility index (Phi) is 8.07. The predicted octanol–water partition coefficient (Wildman–Crippen LogP) is 6.35. The van der Waals surface area contributed by atoms with Gasteiger partial charge in [-0.25, -0.2) is 4.68 Å². The first-order valence-corrected chi connectivity index (χ1v) is 15.2. The van der Waals surface area contributed by atoms with Crippen LogP contribution in [0.3, 0.4) is 0 Å². The number of aromatic nitrogens is 5. The third kappa shape index (κ3) is 6.08. The number of hydrogen-bond acceptors (Lipinski definition) is 7. The van der Waals surface area contributed by atoms with Gasteiger partial charge in [-0.1, -0.05) is 43.4 Å². The summed E-state index contributed by atoms with van der Waals surface area (Å²) in [5, 5.41) is 9.47. The minimum Gasteiger partial charge on any atom is -0.494 e. The van der Waals surface area contributed by atoms with Crippen molar-refractivity contribution in [3.05, 3.63) is 105 Å². The van der Waals surface area contributed by atoms with Crippen molar-refractivity contribution in [2.45, 2.75) is 34.1 Å². The fourth-order valence-corrected chi connectivity index (χ4v) is 5.66. The van der Waals surface area contributed by atoms with Gasteiger partial charge in [-0.05, 0) is 92.4 Å². The Morgan fingerprint density at radius 1 is 0.953 bits per heavy atom. The monoisotopic (exact) mass is 591 g/mol. The van der Waals surface area contributed by atoms with Crippen molar-refractivity contribution in [2.75, 3.05) is 13.2 Å². The molecule has 6 rings (SSSR count). The van der Waals surface area contributed by atoms with E-state index in [4.69, 9.17) is 14.6 Å². The average Bonchev–Trinajstić information content (AvgIpc) is 3.70. The van der Waals surface area contributed by atoms with Crippen molar-refractivity contribution < 1.29 is 9.47 Å². The molecule has 0 aliphatic carbocycles. The number of thiazole rings is 1. The van der Waals surface area contributed by atoms with E-state index in [1.165, 1.54) is 15.9 Å². The van der Waals surface area contributed by atoms with Crippen molar-refractivity contribution in [2.24, 2.45) is 5.92 Å². The normalized spacial score (nSPS) is 12.0. The van der Waals surface area contributed by atoms with Gasteiger partial charge < -0.3 is 9.47 Å². The average molecular weight is 592 g/mol. The lowest BCUT2D eigenvalue weighted by molar-refractivity contribution is 0.288. The molecule has 9 heteroatoms. The fraction of sp³-hybridized carbons (Fsp3) is 0.235. The Morgan fingerprint density at radius 3 is 2.42 bits per heavy atom. The molecule has 0 radical (unpaired) electrons. The highest BCUT2D eigenvalue weighted by Crippen LogP contribution is 2.29. The van der Waals surface area contributed by atoms with Crippen molar-refractivity contribution >= 4 is 22.4 Å². The van der Waals surface area contributed by atoms with Gasteiger partial charge in [0.2, 0.25) is 4.96 Å². The molecule has 0 aliphatic rings. The van der Waals surface area contributed by atoms with E-state index in [2.05, 4.69) is 30.0 Å². The molecule has 0 aliphatic heterocycles. The Morgan fingerprint density at radius 2 is 1.72 bits per heavy atom. The van der Waals surface area contributed by atoms with Crippen molar-refractivity contribution in [1.82, 2.24) is 24.4 Å². The zero-order chi connectivity index (χ0) is 29.9. The molecule has 218 valence electrons. The van der Waals surface area contributed by atoms with Gasteiger partial charge in [0.1, 0.15) is 17.2 Å². The third-order valence-corrected chi connectivity index (χ3v) is 8.02. The van der Waals surface area contributed by atoms with Crippen molar-refractivity contribution in [1.29, 1.82) is 0 Å². The lowest BCUT2D eigenvalue weighted by atomic mass is 10.0. The number of rotatable bonds is 10. The first-order valence-electron chi connectivity index (χ1n) is 14.4. The summed E-state index contributed by atoms with van der Waals surface area (Å²) < 4.78 is 15.3. The lowest BCUT2D eigenvalue weighted by Gasteiger charge is -2.11. The molecule has 0 fully saturated rings. The summed E-state index contributed by atoms with van der Waals surface area (Å²) in [6, 6.07) is 23.6. The van der Waals surface area contributed by atoms with Crippen LogP contribution >= 0.6 is 11.3 Å². The number of ether oxygens (including phenoxy) is 2. The molecule has 0 bridgehead atoms. The Bertz CT molecular complexity index is 1970. The maximum absolute atomic E-state index is 13.5. The molecule has 0 unspecified atom stereocenters. The number of aryl methyl sites for hydroxylation is 1. The summed E-state index contributed by atoms with van der Waals surface area (Å²) in [5.74, 6) is 2.73. The molecule has 0 amide bonds. The van der Waals surface area contributed by atoms with E-state index in [0.717, 1.165) is 51.6 Å². The van der Waals surface area contributed by atoms with E-state index in [1.54, 1.807) is 0 Å². The highest BCUT2D eigenvalue weighted by Gasteiger charge is 2.16. The van der Waals surface area contributed by atoms with E-state index in [-0.39, 0.29) is 5.56 Å². The zero-order valence-corrected chi connectivity index (χ0v) is 25.5. The summed E-state index contributed by atoms with van der Waals surface area (Å²) in [6.45, 7) is 9.65. The first-order chi connectivity index (χ1) is 20.9. The van der Waals surface area contributed by atoms with Crippen LogP contribution in [0.25, 0.3) is 39.4 Å². The van der Waals surface area contributed by atoms with Gasteiger partial charge in [0.25, 0.3) is 5.56 Å². The molecule has 0 atom stereocenters. The fourth-order valence-electron chi connectivity index (χ4n) is 4.76. The molecule has 3 aromatic heterocycles. The van der Waals surface area contributed by atoms with Crippen molar-refractivity contribution in [3.63, 3.8) is 0 Å². The van der Waals surface area contributed by atoms with Crippen LogP contribution in [-0.2, 0) is 0 Å². The van der Waals surface area contributed by atoms with E-state index < -0.39 is 0 Å². The Balaban J connectivity index is 1.38. The summed E-state index contributed by atoms with van der Waals surface area (Å²) in [7, 11) is 0. The van der Waals surface area contributed by atoms with Gasteiger partial charge in [-0.2, -0.15) is 14.6 Å². The van der Waals surface area contributed by atoms with Crippen LogP contribution in [0.15, 0.2) is 83.8 Å². The number of benzene rings is 3. The minimum atomic E-state index is -0.215. The van der Waals surface area contributed by atoms with E-state index in [9.17, 15) is 4.79 Å². The molecular weight excluding hydrogens is 558 g/mol. The maximum Gasteiger partial charge on any atom is 0.291 e. The van der Waals surface area contributed by atoms with Gasteiger partial charge >= 0.3 is 0 Å². The summed E-state index contributed by atoms with van der Waals surface area (Å²) in [6.07, 6.45) is 4.83. The third-order valence-electron chi connectivity index (χ3n) is 7.06. The quantitative estimate of drug-likeness (QED) is 0.185. The van der Waals surface area contributed by atoms with Gasteiger partial charge in [-0.15, -0.1) is 5.10 Å². The topological polar surface area (TPSA) is 83.5 Å². The molecule has 3 aromatic carbocycles. The van der Waals surface area contributed by atoms with Gasteiger partial charge in [-0.3, -0.25) is 4.79 Å². The van der Waals surface area contributed by atoms with E-state index >= 15 is 0 Å². The van der Waals surface area contributed by atoms with Crippen LogP contribution in [0, 0.1) is 12.8 Å². The van der Waals surface area contributed by atoms with Crippen LogP contribution in [0.4, 0.5) is 0 Å². The predicted molar refractivity (Wildman–Crippen MR) is 171 cm³/mol. The SMILES string of the molecule is CCOc1ccc(-c2nc3sc(=Cc4cn(-c5ccccc5)nc4-c4ccc(OCCC(C)C)c(C)c4)c(=O)n3n2)cc1. The lowest BCUT2D eigenvalue weighted by Crippen LogP contribution is -2.23. The van der Waals surface area contributed by atoms with Crippen molar-refractivity contribution in [3.8, 4) is 39.8 Å².